The molecule has 2 aliphatic rings. The zero-order valence-corrected chi connectivity index (χ0v) is 14.5. The number of aliphatic imine (C=N–C) groups is 1. The smallest absolute Gasteiger partial charge is 0.134 e. The minimum absolute atomic E-state index is 0.277. The van der Waals surface area contributed by atoms with E-state index in [0.29, 0.717) is 6.54 Å². The van der Waals surface area contributed by atoms with Crippen LogP contribution in [0.15, 0.2) is 29.4 Å². The van der Waals surface area contributed by atoms with Gasteiger partial charge < -0.3 is 15.4 Å². The molecular formula is C19H23N5O. The quantitative estimate of drug-likeness (QED) is 0.876. The first-order valence-corrected chi connectivity index (χ1v) is 8.84. The highest BCUT2D eigenvalue weighted by Crippen LogP contribution is 2.27. The molecule has 2 aromatic rings. The van der Waals surface area contributed by atoms with Crippen LogP contribution in [0.1, 0.15) is 29.5 Å². The summed E-state index contributed by atoms with van der Waals surface area (Å²) in [5.41, 5.74) is 3.61. The molecule has 1 atom stereocenters. The fourth-order valence-corrected chi connectivity index (χ4v) is 3.26. The van der Waals surface area contributed by atoms with Crippen molar-refractivity contribution in [3.63, 3.8) is 0 Å². The van der Waals surface area contributed by atoms with Crippen LogP contribution in [0, 0.1) is 6.92 Å². The lowest BCUT2D eigenvalue weighted by Crippen LogP contribution is -2.21. The van der Waals surface area contributed by atoms with Gasteiger partial charge in [-0.3, -0.25) is 4.99 Å². The molecule has 4 rings (SSSR count). The van der Waals surface area contributed by atoms with Crippen molar-refractivity contribution in [1.29, 1.82) is 0 Å². The standard InChI is InChI=1S/C19H23N5O/c1-13-4-7-21-17(9-13)23-18-10-14-5-6-20-12-16(14)19(24-18)22-11-15-3-2-8-25-15/h4,6-7,9-10,15H,2-3,5,8,11-12H2,1H3,(H2,21,22,23,24)/t15-/m0/s1. The van der Waals surface area contributed by atoms with Gasteiger partial charge in [-0.25, -0.2) is 9.97 Å². The van der Waals surface area contributed by atoms with Crippen LogP contribution in [0.4, 0.5) is 17.5 Å². The zero-order chi connectivity index (χ0) is 17.1. The second kappa shape index (κ2) is 7.19. The Labute approximate surface area is 147 Å². The van der Waals surface area contributed by atoms with Crippen molar-refractivity contribution in [2.24, 2.45) is 4.99 Å². The van der Waals surface area contributed by atoms with Gasteiger partial charge in [0.2, 0.25) is 0 Å². The lowest BCUT2D eigenvalue weighted by molar-refractivity contribution is 0.120. The van der Waals surface area contributed by atoms with Crippen LogP contribution in [0.2, 0.25) is 0 Å². The number of fused-ring (bicyclic) bond motifs is 1. The van der Waals surface area contributed by atoms with Gasteiger partial charge in [-0.2, -0.15) is 0 Å². The lowest BCUT2D eigenvalue weighted by atomic mass is 10.0. The summed E-state index contributed by atoms with van der Waals surface area (Å²) in [5, 5.41) is 6.81. The van der Waals surface area contributed by atoms with E-state index in [1.807, 2.05) is 18.3 Å². The second-order valence-electron chi connectivity index (χ2n) is 6.58. The molecule has 0 saturated carbocycles. The third-order valence-corrected chi connectivity index (χ3v) is 4.60. The van der Waals surface area contributed by atoms with E-state index >= 15 is 0 Å². The first kappa shape index (κ1) is 16.0. The average Bonchev–Trinajstić information content (AvgIpc) is 3.13. The first-order chi connectivity index (χ1) is 12.3. The highest BCUT2D eigenvalue weighted by atomic mass is 16.5. The molecule has 130 valence electrons. The van der Waals surface area contributed by atoms with Crippen molar-refractivity contribution in [1.82, 2.24) is 9.97 Å². The topological polar surface area (TPSA) is 71.4 Å². The minimum atomic E-state index is 0.277. The molecule has 2 N–H and O–H groups in total. The Hall–Kier alpha value is -2.47. The van der Waals surface area contributed by atoms with Gasteiger partial charge in [-0.15, -0.1) is 0 Å². The first-order valence-electron chi connectivity index (χ1n) is 8.84. The molecule has 0 spiro atoms. The number of ether oxygens (including phenoxy) is 1. The van der Waals surface area contributed by atoms with Crippen LogP contribution in [0.5, 0.6) is 0 Å². The Morgan fingerprint density at radius 1 is 1.28 bits per heavy atom. The molecule has 4 heterocycles. The number of pyridine rings is 2. The zero-order valence-electron chi connectivity index (χ0n) is 14.5. The highest BCUT2D eigenvalue weighted by molar-refractivity contribution is 5.70. The maximum Gasteiger partial charge on any atom is 0.134 e. The number of rotatable bonds is 5. The largest absolute Gasteiger partial charge is 0.376 e. The molecule has 0 amide bonds. The van der Waals surface area contributed by atoms with Crippen molar-refractivity contribution < 1.29 is 4.74 Å². The molecule has 0 bridgehead atoms. The Kier molecular flexibility index (Phi) is 4.61. The Morgan fingerprint density at radius 2 is 2.24 bits per heavy atom. The number of hydrogen-bond donors (Lipinski definition) is 2. The number of anilines is 3. The number of nitrogens with one attached hydrogen (secondary N) is 2. The van der Waals surface area contributed by atoms with Gasteiger partial charge in [0.1, 0.15) is 17.5 Å². The summed E-state index contributed by atoms with van der Waals surface area (Å²) in [6.45, 7) is 4.38. The molecule has 25 heavy (non-hydrogen) atoms. The summed E-state index contributed by atoms with van der Waals surface area (Å²) in [5.74, 6) is 2.52. The van der Waals surface area contributed by atoms with Gasteiger partial charge in [0.25, 0.3) is 0 Å². The summed E-state index contributed by atoms with van der Waals surface area (Å²) >= 11 is 0. The van der Waals surface area contributed by atoms with Crippen molar-refractivity contribution in [2.75, 3.05) is 23.8 Å². The van der Waals surface area contributed by atoms with E-state index in [1.165, 1.54) is 16.7 Å². The van der Waals surface area contributed by atoms with Crippen LogP contribution < -0.4 is 10.6 Å². The van der Waals surface area contributed by atoms with E-state index < -0.39 is 0 Å². The maximum absolute atomic E-state index is 5.71. The molecule has 1 saturated heterocycles. The van der Waals surface area contributed by atoms with E-state index in [9.17, 15) is 0 Å². The van der Waals surface area contributed by atoms with Crippen molar-refractivity contribution >= 4 is 23.7 Å². The number of nitrogens with zero attached hydrogens (tertiary/aromatic N) is 3. The third-order valence-electron chi connectivity index (χ3n) is 4.60. The number of hydrogen-bond acceptors (Lipinski definition) is 6. The van der Waals surface area contributed by atoms with Gasteiger partial charge in [0, 0.05) is 37.5 Å². The fraction of sp³-hybridized carbons (Fsp3) is 0.421. The van der Waals surface area contributed by atoms with E-state index in [2.05, 4.69) is 33.6 Å². The number of aryl methyl sites for hydroxylation is 1. The predicted molar refractivity (Wildman–Crippen MR) is 99.9 cm³/mol. The fourth-order valence-electron chi connectivity index (χ4n) is 3.26. The summed E-state index contributed by atoms with van der Waals surface area (Å²) in [6.07, 6.45) is 7.14. The van der Waals surface area contributed by atoms with Crippen LogP contribution in [0.25, 0.3) is 0 Å². The molecule has 0 aromatic carbocycles. The molecular weight excluding hydrogens is 314 g/mol. The Bertz CT molecular complexity index is 783. The average molecular weight is 337 g/mol. The molecule has 2 aliphatic heterocycles. The SMILES string of the molecule is Cc1ccnc(Nc2cc3c(c(NC[C@@H]4CCCO4)n2)CN=CC3)c1. The molecule has 0 radical (unpaired) electrons. The van der Waals surface area contributed by atoms with Crippen LogP contribution >= 0.6 is 0 Å². The van der Waals surface area contributed by atoms with Gasteiger partial charge >= 0.3 is 0 Å². The minimum Gasteiger partial charge on any atom is -0.376 e. The van der Waals surface area contributed by atoms with Gasteiger partial charge in [0.05, 0.1) is 12.6 Å². The van der Waals surface area contributed by atoms with Crippen LogP contribution in [0.3, 0.4) is 0 Å². The second-order valence-corrected chi connectivity index (χ2v) is 6.58. The maximum atomic E-state index is 5.71. The summed E-state index contributed by atoms with van der Waals surface area (Å²) < 4.78 is 5.71. The summed E-state index contributed by atoms with van der Waals surface area (Å²) in [7, 11) is 0. The van der Waals surface area contributed by atoms with Crippen molar-refractivity contribution in [3.8, 4) is 0 Å². The van der Waals surface area contributed by atoms with Crippen LogP contribution in [-0.4, -0.2) is 35.4 Å². The molecule has 1 fully saturated rings. The van der Waals surface area contributed by atoms with Crippen molar-refractivity contribution in [3.05, 3.63) is 41.1 Å². The molecule has 0 aliphatic carbocycles. The van der Waals surface area contributed by atoms with Gasteiger partial charge in [0.15, 0.2) is 0 Å². The molecule has 6 heteroatoms. The Morgan fingerprint density at radius 3 is 3.08 bits per heavy atom. The normalized spacial score (nSPS) is 18.8. The van der Waals surface area contributed by atoms with E-state index in [1.54, 1.807) is 6.20 Å². The monoisotopic (exact) mass is 337 g/mol. The molecule has 2 aromatic heterocycles. The van der Waals surface area contributed by atoms with Gasteiger partial charge in [-0.1, -0.05) is 0 Å². The molecule has 0 unspecified atom stereocenters. The lowest BCUT2D eigenvalue weighted by Gasteiger charge is -2.19. The van der Waals surface area contributed by atoms with Crippen LogP contribution in [-0.2, 0) is 17.7 Å². The van der Waals surface area contributed by atoms with E-state index in [-0.39, 0.29) is 6.10 Å². The van der Waals surface area contributed by atoms with E-state index in [4.69, 9.17) is 9.72 Å². The predicted octanol–water partition coefficient (Wildman–Crippen LogP) is 3.25. The summed E-state index contributed by atoms with van der Waals surface area (Å²) in [6, 6.07) is 6.10. The highest BCUT2D eigenvalue weighted by Gasteiger charge is 2.18. The van der Waals surface area contributed by atoms with Crippen molar-refractivity contribution in [2.45, 2.75) is 38.8 Å². The van der Waals surface area contributed by atoms with Gasteiger partial charge in [-0.05, 0) is 49.1 Å². The van der Waals surface area contributed by atoms with E-state index in [0.717, 1.165) is 49.9 Å². The third kappa shape index (κ3) is 3.79. The number of aromatic nitrogens is 2. The Balaban J connectivity index is 1.58. The summed E-state index contributed by atoms with van der Waals surface area (Å²) in [4.78, 5) is 13.6. The molecule has 6 nitrogen and oxygen atoms in total.